The van der Waals surface area contributed by atoms with Crippen LogP contribution < -0.4 is 15.4 Å². The van der Waals surface area contributed by atoms with Crippen molar-refractivity contribution in [3.8, 4) is 5.75 Å². The number of hydrogen-bond donors (Lipinski definition) is 3. The number of rotatable bonds is 9. The normalized spacial score (nSPS) is 11.4. The van der Waals surface area contributed by atoms with E-state index in [9.17, 15) is 14.4 Å². The molecule has 3 N–H and O–H groups in total. The van der Waals surface area contributed by atoms with Gasteiger partial charge < -0.3 is 20.5 Å². The summed E-state index contributed by atoms with van der Waals surface area (Å²) in [5, 5.41) is 14.0. The minimum atomic E-state index is -1.11. The minimum absolute atomic E-state index is 0.134. The van der Waals surface area contributed by atoms with Crippen LogP contribution in [0.2, 0.25) is 0 Å². The highest BCUT2D eigenvalue weighted by Crippen LogP contribution is 2.14. The van der Waals surface area contributed by atoms with Gasteiger partial charge in [0.1, 0.15) is 11.8 Å². The lowest BCUT2D eigenvalue weighted by atomic mass is 10.1. The lowest BCUT2D eigenvalue weighted by molar-refractivity contribution is -0.138. The van der Waals surface area contributed by atoms with Gasteiger partial charge in [-0.1, -0.05) is 12.1 Å². The molecule has 0 bridgehead atoms. The van der Waals surface area contributed by atoms with Crippen LogP contribution in [0.3, 0.4) is 0 Å². The molecule has 2 aromatic rings. The third kappa shape index (κ3) is 6.42. The Hall–Kier alpha value is -3.35. The van der Waals surface area contributed by atoms with E-state index in [4.69, 9.17) is 9.84 Å². The van der Waals surface area contributed by atoms with Crippen molar-refractivity contribution in [2.45, 2.75) is 32.7 Å². The van der Waals surface area contributed by atoms with Crippen LogP contribution in [0.15, 0.2) is 48.5 Å². The van der Waals surface area contributed by atoms with Crippen molar-refractivity contribution in [3.63, 3.8) is 0 Å². The molecule has 0 fully saturated rings. The maximum absolute atomic E-state index is 12.1. The summed E-state index contributed by atoms with van der Waals surface area (Å²) in [6.07, 6.45) is 0.929. The van der Waals surface area contributed by atoms with E-state index >= 15 is 0 Å². The lowest BCUT2D eigenvalue weighted by Crippen LogP contribution is -2.38. The van der Waals surface area contributed by atoms with Crippen molar-refractivity contribution in [2.24, 2.45) is 0 Å². The van der Waals surface area contributed by atoms with Crippen LogP contribution in [0, 0.1) is 0 Å². The molecular weight excluding hydrogens is 360 g/mol. The lowest BCUT2D eigenvalue weighted by Gasteiger charge is -2.10. The molecule has 0 saturated heterocycles. The van der Waals surface area contributed by atoms with Crippen LogP contribution in [-0.2, 0) is 16.0 Å². The summed E-state index contributed by atoms with van der Waals surface area (Å²) < 4.78 is 5.39. The molecule has 0 aromatic heterocycles. The van der Waals surface area contributed by atoms with Crippen molar-refractivity contribution in [3.05, 3.63) is 59.7 Å². The highest BCUT2D eigenvalue weighted by molar-refractivity contribution is 5.97. The average Bonchev–Trinajstić information content (AvgIpc) is 2.68. The van der Waals surface area contributed by atoms with E-state index < -0.39 is 17.9 Å². The zero-order chi connectivity index (χ0) is 20.5. The SMILES string of the molecule is CCOc1ccc(CCC(=O)Nc2ccc(C(=O)NC(C)C(=O)O)cc2)cc1. The van der Waals surface area contributed by atoms with E-state index in [0.29, 0.717) is 30.7 Å². The molecule has 2 rings (SSSR count). The zero-order valence-electron chi connectivity index (χ0n) is 15.9. The smallest absolute Gasteiger partial charge is 0.325 e. The summed E-state index contributed by atoms with van der Waals surface area (Å²) >= 11 is 0. The highest BCUT2D eigenvalue weighted by atomic mass is 16.5. The molecule has 2 aromatic carbocycles. The molecule has 0 heterocycles. The second-order valence-electron chi connectivity index (χ2n) is 6.24. The van der Waals surface area contributed by atoms with E-state index in [-0.39, 0.29) is 5.91 Å². The summed E-state index contributed by atoms with van der Waals surface area (Å²) in [5.41, 5.74) is 1.93. The van der Waals surface area contributed by atoms with Crippen molar-refractivity contribution in [2.75, 3.05) is 11.9 Å². The molecule has 148 valence electrons. The Morgan fingerprint density at radius 2 is 1.68 bits per heavy atom. The number of carboxylic acid groups (broad SMARTS) is 1. The fraction of sp³-hybridized carbons (Fsp3) is 0.286. The summed E-state index contributed by atoms with van der Waals surface area (Å²) in [6.45, 7) is 3.92. The quantitative estimate of drug-likeness (QED) is 0.617. The zero-order valence-corrected chi connectivity index (χ0v) is 15.9. The van der Waals surface area contributed by atoms with Gasteiger partial charge in [0.05, 0.1) is 6.61 Å². The van der Waals surface area contributed by atoms with E-state index in [0.717, 1.165) is 11.3 Å². The van der Waals surface area contributed by atoms with Gasteiger partial charge in [-0.25, -0.2) is 0 Å². The Morgan fingerprint density at radius 3 is 2.25 bits per heavy atom. The van der Waals surface area contributed by atoms with Crippen molar-refractivity contribution in [1.82, 2.24) is 5.32 Å². The Balaban J connectivity index is 1.83. The van der Waals surface area contributed by atoms with E-state index in [1.807, 2.05) is 31.2 Å². The number of hydrogen-bond acceptors (Lipinski definition) is 4. The molecule has 0 spiro atoms. The van der Waals surface area contributed by atoms with E-state index in [2.05, 4.69) is 10.6 Å². The molecule has 7 nitrogen and oxygen atoms in total. The molecule has 7 heteroatoms. The molecule has 1 atom stereocenters. The van der Waals surface area contributed by atoms with Crippen LogP contribution in [0.4, 0.5) is 5.69 Å². The number of carbonyl (C=O) groups is 3. The monoisotopic (exact) mass is 384 g/mol. The Labute approximate surface area is 163 Å². The van der Waals surface area contributed by atoms with Gasteiger partial charge in [0.2, 0.25) is 5.91 Å². The van der Waals surface area contributed by atoms with Crippen molar-refractivity contribution in [1.29, 1.82) is 0 Å². The number of aryl methyl sites for hydroxylation is 1. The number of benzene rings is 2. The fourth-order valence-electron chi connectivity index (χ4n) is 2.45. The molecule has 0 saturated carbocycles. The summed E-state index contributed by atoms with van der Waals surface area (Å²) in [4.78, 5) is 34.8. The number of nitrogens with one attached hydrogen (secondary N) is 2. The van der Waals surface area contributed by atoms with Gasteiger partial charge in [-0.2, -0.15) is 0 Å². The number of ether oxygens (including phenoxy) is 1. The topological polar surface area (TPSA) is 105 Å². The fourth-order valence-corrected chi connectivity index (χ4v) is 2.45. The van der Waals surface area contributed by atoms with Gasteiger partial charge in [0, 0.05) is 17.7 Å². The van der Waals surface area contributed by atoms with Gasteiger partial charge in [-0.05, 0) is 62.2 Å². The first-order valence-electron chi connectivity index (χ1n) is 9.04. The predicted molar refractivity (Wildman–Crippen MR) is 106 cm³/mol. The van der Waals surface area contributed by atoms with Gasteiger partial charge in [0.15, 0.2) is 0 Å². The van der Waals surface area contributed by atoms with Crippen LogP contribution in [-0.4, -0.2) is 35.5 Å². The molecular formula is C21H24N2O5. The van der Waals surface area contributed by atoms with Crippen molar-refractivity contribution >= 4 is 23.5 Å². The third-order valence-corrected chi connectivity index (χ3v) is 4.02. The number of anilines is 1. The average molecular weight is 384 g/mol. The molecule has 0 aliphatic carbocycles. The standard InChI is InChI=1S/C21H24N2O5/c1-3-28-18-11-4-15(5-12-18)6-13-19(24)23-17-9-7-16(8-10-17)20(25)22-14(2)21(26)27/h4-5,7-12,14H,3,6,13H2,1-2H3,(H,22,25)(H,23,24)(H,26,27). The Kier molecular flexibility index (Phi) is 7.56. The second-order valence-corrected chi connectivity index (χ2v) is 6.24. The maximum Gasteiger partial charge on any atom is 0.325 e. The first-order valence-corrected chi connectivity index (χ1v) is 9.04. The first-order chi connectivity index (χ1) is 13.4. The Bertz CT molecular complexity index is 816. The molecule has 2 amide bonds. The number of carbonyl (C=O) groups excluding carboxylic acids is 2. The van der Waals surface area contributed by atoms with Crippen molar-refractivity contribution < 1.29 is 24.2 Å². The molecule has 28 heavy (non-hydrogen) atoms. The number of amides is 2. The summed E-state index contributed by atoms with van der Waals surface area (Å²) in [7, 11) is 0. The highest BCUT2D eigenvalue weighted by Gasteiger charge is 2.15. The summed E-state index contributed by atoms with van der Waals surface area (Å²) in [6, 6.07) is 12.9. The molecule has 0 radical (unpaired) electrons. The van der Waals surface area contributed by atoms with Crippen LogP contribution in [0.1, 0.15) is 36.2 Å². The first kappa shape index (κ1) is 21.0. The maximum atomic E-state index is 12.1. The van der Waals surface area contributed by atoms with Gasteiger partial charge in [0.25, 0.3) is 5.91 Å². The van der Waals surface area contributed by atoms with Gasteiger partial charge in [-0.15, -0.1) is 0 Å². The molecule has 0 aliphatic rings. The van der Waals surface area contributed by atoms with Crippen LogP contribution in [0.25, 0.3) is 0 Å². The van der Waals surface area contributed by atoms with Gasteiger partial charge >= 0.3 is 5.97 Å². The predicted octanol–water partition coefficient (Wildman–Crippen LogP) is 2.86. The Morgan fingerprint density at radius 1 is 1.04 bits per heavy atom. The number of aliphatic carboxylic acids is 1. The largest absolute Gasteiger partial charge is 0.494 e. The number of carboxylic acids is 1. The minimum Gasteiger partial charge on any atom is -0.494 e. The third-order valence-electron chi connectivity index (χ3n) is 4.02. The van der Waals surface area contributed by atoms with Crippen LogP contribution in [0.5, 0.6) is 5.75 Å². The van der Waals surface area contributed by atoms with Gasteiger partial charge in [-0.3, -0.25) is 14.4 Å². The second kappa shape index (κ2) is 10.1. The summed E-state index contributed by atoms with van der Waals surface area (Å²) in [5.74, 6) is -0.920. The van der Waals surface area contributed by atoms with E-state index in [1.54, 1.807) is 12.1 Å². The molecule has 0 aliphatic heterocycles. The van der Waals surface area contributed by atoms with Crippen LogP contribution >= 0.6 is 0 Å². The molecule has 1 unspecified atom stereocenters. The van der Waals surface area contributed by atoms with E-state index in [1.165, 1.54) is 19.1 Å².